The molecule has 29 heavy (non-hydrogen) atoms. The molecule has 156 valence electrons. The molecule has 2 aromatic rings. The third-order valence-electron chi connectivity index (χ3n) is 5.36. The van der Waals surface area contributed by atoms with Gasteiger partial charge in [-0.15, -0.1) is 0 Å². The van der Waals surface area contributed by atoms with Crippen molar-refractivity contribution in [3.8, 4) is 0 Å². The lowest BCUT2D eigenvalue weighted by atomic mass is 10.1. The molecule has 5 nitrogen and oxygen atoms in total. The molecule has 0 radical (unpaired) electrons. The molecular weight excluding hydrogens is 391 g/mol. The van der Waals surface area contributed by atoms with Crippen LogP contribution in [-0.2, 0) is 16.6 Å². The average molecular weight is 419 g/mol. The van der Waals surface area contributed by atoms with Crippen molar-refractivity contribution in [2.75, 3.05) is 13.1 Å². The third-order valence-corrected chi connectivity index (χ3v) is 7.37. The number of nitrogens with zero attached hydrogens (tertiary/aromatic N) is 2. The van der Waals surface area contributed by atoms with Crippen molar-refractivity contribution in [3.63, 3.8) is 0 Å². The van der Waals surface area contributed by atoms with E-state index in [1.54, 1.807) is 29.2 Å². The minimum Gasteiger partial charge on any atom is -0.335 e. The van der Waals surface area contributed by atoms with E-state index in [4.69, 9.17) is 0 Å². The highest BCUT2D eigenvalue weighted by molar-refractivity contribution is 7.89. The van der Waals surface area contributed by atoms with Crippen LogP contribution in [-0.4, -0.2) is 42.7 Å². The molecule has 0 aromatic heterocycles. The lowest BCUT2D eigenvalue weighted by Gasteiger charge is -2.32. The molecule has 1 saturated heterocycles. The summed E-state index contributed by atoms with van der Waals surface area (Å²) in [5, 5.41) is 0. The Hall–Kier alpha value is -2.25. The molecule has 0 N–H and O–H groups in total. The zero-order chi connectivity index (χ0) is 21.0. The van der Waals surface area contributed by atoms with Crippen molar-refractivity contribution >= 4 is 15.9 Å². The number of hydrogen-bond acceptors (Lipinski definition) is 3. The first-order chi connectivity index (χ1) is 13.8. The van der Waals surface area contributed by atoms with E-state index in [9.17, 15) is 17.6 Å². The largest absolute Gasteiger partial charge is 0.335 e. The topological polar surface area (TPSA) is 57.7 Å². The maximum absolute atomic E-state index is 13.5. The van der Waals surface area contributed by atoms with Gasteiger partial charge in [0.2, 0.25) is 10.0 Å². The zero-order valence-corrected chi connectivity index (χ0v) is 17.7. The number of halogens is 1. The summed E-state index contributed by atoms with van der Waals surface area (Å²) in [6.07, 6.45) is 2.71. The maximum atomic E-state index is 13.5. The second-order valence-electron chi connectivity index (χ2n) is 7.44. The first-order valence-corrected chi connectivity index (χ1v) is 11.4. The molecule has 1 aliphatic heterocycles. The van der Waals surface area contributed by atoms with E-state index in [0.717, 1.165) is 19.3 Å². The number of benzene rings is 2. The highest BCUT2D eigenvalue weighted by Crippen LogP contribution is 2.26. The van der Waals surface area contributed by atoms with Gasteiger partial charge in [0.15, 0.2) is 0 Å². The summed E-state index contributed by atoms with van der Waals surface area (Å²) in [6.45, 7) is 4.95. The Bertz CT molecular complexity index is 978. The van der Waals surface area contributed by atoms with E-state index in [1.165, 1.54) is 28.6 Å². The smallest absolute Gasteiger partial charge is 0.254 e. The van der Waals surface area contributed by atoms with Crippen LogP contribution in [0, 0.1) is 5.82 Å². The number of rotatable bonds is 6. The molecule has 7 heteroatoms. The van der Waals surface area contributed by atoms with Gasteiger partial charge in [-0.1, -0.05) is 24.6 Å². The molecule has 1 amide bonds. The molecule has 0 aliphatic carbocycles. The molecule has 1 fully saturated rings. The van der Waals surface area contributed by atoms with Crippen molar-refractivity contribution in [1.82, 2.24) is 9.21 Å². The standard InChI is InChI=1S/C22H27FN2O3S/c1-3-24(16-18-9-6-11-20(23)14-18)22(26)19-10-7-12-21(15-19)29(27,28)25-13-5-4-8-17(25)2/h6-7,9-12,14-15,17H,3-5,8,13,16H2,1-2H3. The summed E-state index contributed by atoms with van der Waals surface area (Å²) in [4.78, 5) is 14.7. The van der Waals surface area contributed by atoms with Crippen LogP contribution in [0.15, 0.2) is 53.4 Å². The fourth-order valence-electron chi connectivity index (χ4n) is 3.72. The van der Waals surface area contributed by atoms with Crippen molar-refractivity contribution in [2.45, 2.75) is 50.6 Å². The lowest BCUT2D eigenvalue weighted by Crippen LogP contribution is -2.42. The van der Waals surface area contributed by atoms with Crippen LogP contribution in [0.25, 0.3) is 0 Å². The lowest BCUT2D eigenvalue weighted by molar-refractivity contribution is 0.0752. The normalized spacial score (nSPS) is 17.8. The number of hydrogen-bond donors (Lipinski definition) is 0. The molecule has 2 aromatic carbocycles. The van der Waals surface area contributed by atoms with Crippen molar-refractivity contribution in [3.05, 3.63) is 65.5 Å². The summed E-state index contributed by atoms with van der Waals surface area (Å²) in [5.41, 5.74) is 1.00. The summed E-state index contributed by atoms with van der Waals surface area (Å²) in [7, 11) is -3.65. The number of piperidine rings is 1. The highest BCUT2D eigenvalue weighted by Gasteiger charge is 2.31. The van der Waals surface area contributed by atoms with Gasteiger partial charge in [0.25, 0.3) is 5.91 Å². The minimum atomic E-state index is -3.65. The average Bonchev–Trinajstić information content (AvgIpc) is 2.72. The Balaban J connectivity index is 1.84. The number of sulfonamides is 1. The van der Waals surface area contributed by atoms with E-state index in [2.05, 4.69) is 0 Å². The Kier molecular flexibility index (Phi) is 6.70. The highest BCUT2D eigenvalue weighted by atomic mass is 32.2. The Labute approximate surface area is 172 Å². The number of carbonyl (C=O) groups excluding carboxylic acids is 1. The van der Waals surface area contributed by atoms with E-state index >= 15 is 0 Å². The molecule has 1 unspecified atom stereocenters. The van der Waals surface area contributed by atoms with Crippen LogP contribution in [0.1, 0.15) is 49.0 Å². The fraction of sp³-hybridized carbons (Fsp3) is 0.409. The SMILES string of the molecule is CCN(Cc1cccc(F)c1)C(=O)c1cccc(S(=O)(=O)N2CCCCC2C)c1. The first-order valence-electron chi connectivity index (χ1n) is 9.98. The van der Waals surface area contributed by atoms with Gasteiger partial charge < -0.3 is 4.90 Å². The Morgan fingerprint density at radius 1 is 1.17 bits per heavy atom. The first kappa shape index (κ1) is 21.5. The van der Waals surface area contributed by atoms with Crippen LogP contribution in [0.2, 0.25) is 0 Å². The Morgan fingerprint density at radius 3 is 2.62 bits per heavy atom. The monoisotopic (exact) mass is 418 g/mol. The molecule has 0 spiro atoms. The summed E-state index contributed by atoms with van der Waals surface area (Å²) >= 11 is 0. The van der Waals surface area contributed by atoms with Gasteiger partial charge in [-0.3, -0.25) is 4.79 Å². The summed E-state index contributed by atoms with van der Waals surface area (Å²) < 4.78 is 41.2. The molecule has 1 heterocycles. The maximum Gasteiger partial charge on any atom is 0.254 e. The Morgan fingerprint density at radius 2 is 1.93 bits per heavy atom. The van der Waals surface area contributed by atoms with Crippen LogP contribution < -0.4 is 0 Å². The second-order valence-corrected chi connectivity index (χ2v) is 9.33. The van der Waals surface area contributed by atoms with Gasteiger partial charge in [-0.05, 0) is 62.6 Å². The van der Waals surface area contributed by atoms with Gasteiger partial charge in [0, 0.05) is 31.2 Å². The van der Waals surface area contributed by atoms with Crippen molar-refractivity contribution in [1.29, 1.82) is 0 Å². The van der Waals surface area contributed by atoms with Gasteiger partial charge in [0.1, 0.15) is 5.82 Å². The van der Waals surface area contributed by atoms with Gasteiger partial charge >= 0.3 is 0 Å². The van der Waals surface area contributed by atoms with Gasteiger partial charge in [-0.25, -0.2) is 12.8 Å². The predicted octanol–water partition coefficient (Wildman–Crippen LogP) is 4.05. The van der Waals surface area contributed by atoms with Gasteiger partial charge in [-0.2, -0.15) is 4.31 Å². The number of amides is 1. The van der Waals surface area contributed by atoms with Gasteiger partial charge in [0.05, 0.1) is 4.90 Å². The van der Waals surface area contributed by atoms with Crippen LogP contribution in [0.4, 0.5) is 4.39 Å². The quantitative estimate of drug-likeness (QED) is 0.711. The molecule has 0 saturated carbocycles. The molecular formula is C22H27FN2O3S. The number of carbonyl (C=O) groups is 1. The van der Waals surface area contributed by atoms with Crippen molar-refractivity contribution < 1.29 is 17.6 Å². The second kappa shape index (κ2) is 9.05. The van der Waals surface area contributed by atoms with Crippen molar-refractivity contribution in [2.24, 2.45) is 0 Å². The summed E-state index contributed by atoms with van der Waals surface area (Å²) in [5.74, 6) is -0.629. The van der Waals surface area contributed by atoms with Crippen LogP contribution >= 0.6 is 0 Å². The minimum absolute atomic E-state index is 0.0479. The third kappa shape index (κ3) is 4.85. The van der Waals surface area contributed by atoms with E-state index in [0.29, 0.717) is 24.2 Å². The zero-order valence-electron chi connectivity index (χ0n) is 16.8. The van der Waals surface area contributed by atoms with Crippen LogP contribution in [0.5, 0.6) is 0 Å². The molecule has 0 bridgehead atoms. The molecule has 1 atom stereocenters. The fourth-order valence-corrected chi connectivity index (χ4v) is 5.47. The van der Waals surface area contributed by atoms with E-state index in [-0.39, 0.29) is 29.2 Å². The van der Waals surface area contributed by atoms with E-state index < -0.39 is 10.0 Å². The summed E-state index contributed by atoms with van der Waals surface area (Å²) in [6, 6.07) is 12.3. The molecule has 3 rings (SSSR count). The molecule has 1 aliphatic rings. The predicted molar refractivity (Wildman–Crippen MR) is 110 cm³/mol. The van der Waals surface area contributed by atoms with Crippen LogP contribution in [0.3, 0.4) is 0 Å². The van der Waals surface area contributed by atoms with E-state index in [1.807, 2.05) is 13.8 Å².